The van der Waals surface area contributed by atoms with Gasteiger partial charge in [0.2, 0.25) is 5.91 Å². The number of benzene rings is 3. The Kier molecular flexibility index (Phi) is 6.39. The van der Waals surface area contributed by atoms with Crippen LogP contribution in [0.4, 0.5) is 17.6 Å². The van der Waals surface area contributed by atoms with Crippen molar-refractivity contribution < 1.29 is 36.9 Å². The van der Waals surface area contributed by atoms with Gasteiger partial charge >= 0.3 is 6.11 Å². The summed E-state index contributed by atoms with van der Waals surface area (Å²) in [5.74, 6) is -4.61. The fourth-order valence-electron chi connectivity index (χ4n) is 4.11. The lowest BCUT2D eigenvalue weighted by molar-refractivity contribution is -0.202. The second kappa shape index (κ2) is 9.03. The quantitative estimate of drug-likeness (QED) is 0.414. The molecule has 0 saturated heterocycles. The molecule has 0 aliphatic carbocycles. The Labute approximate surface area is 202 Å². The fraction of sp³-hybridized carbons (Fsp3) is 0.208. The molecule has 1 aliphatic heterocycles. The third kappa shape index (κ3) is 4.29. The van der Waals surface area contributed by atoms with E-state index in [-0.39, 0.29) is 29.8 Å². The number of hydrogen-bond acceptors (Lipinski definition) is 5. The van der Waals surface area contributed by atoms with Crippen molar-refractivity contribution in [3.05, 3.63) is 81.9 Å². The summed E-state index contributed by atoms with van der Waals surface area (Å²) in [4.78, 5) is 12.1. The monoisotopic (exact) mass is 510 g/mol. The summed E-state index contributed by atoms with van der Waals surface area (Å²) in [5, 5.41) is 8.22. The lowest BCUT2D eigenvalue weighted by atomic mass is 9.85. The molecule has 5 N–H and O–H groups in total. The van der Waals surface area contributed by atoms with Gasteiger partial charge in [0.25, 0.3) is 0 Å². The zero-order valence-corrected chi connectivity index (χ0v) is 18.7. The van der Waals surface area contributed by atoms with Crippen molar-refractivity contribution in [1.82, 2.24) is 0 Å². The molecule has 3 aromatic carbocycles. The van der Waals surface area contributed by atoms with Gasteiger partial charge in [-0.15, -0.1) is 0 Å². The van der Waals surface area contributed by atoms with Crippen LogP contribution >= 0.6 is 11.6 Å². The highest BCUT2D eigenvalue weighted by Gasteiger charge is 2.43. The number of aliphatic hydroxyl groups excluding tert-OH is 1. The Morgan fingerprint density at radius 3 is 2.46 bits per heavy atom. The van der Waals surface area contributed by atoms with Crippen LogP contribution in [0, 0.1) is 11.6 Å². The lowest BCUT2D eigenvalue weighted by Crippen LogP contribution is -2.39. The molecule has 1 unspecified atom stereocenters. The molecule has 0 bridgehead atoms. The minimum absolute atomic E-state index is 0.00624. The summed E-state index contributed by atoms with van der Waals surface area (Å²) in [5.41, 5.74) is 9.70. The zero-order chi connectivity index (χ0) is 25.5. The van der Waals surface area contributed by atoms with Crippen LogP contribution in [0.2, 0.25) is 5.02 Å². The molecule has 35 heavy (non-hydrogen) atoms. The third-order valence-electron chi connectivity index (χ3n) is 5.75. The smallest absolute Gasteiger partial charge is 0.421 e. The number of halogens is 5. The molecule has 11 heteroatoms. The van der Waals surface area contributed by atoms with Crippen LogP contribution < -0.4 is 20.9 Å². The van der Waals surface area contributed by atoms with Gasteiger partial charge in [0.1, 0.15) is 18.2 Å². The molecule has 3 aromatic rings. The summed E-state index contributed by atoms with van der Waals surface area (Å²) < 4.78 is 68.2. The standard InChI is InChI=1S/C24H19ClF4N2O4/c25-20-15(26)8-17-14(9-23(10-30,34-17)12-4-2-1-3-5-12)18(20)19-13(22(31)33)6-7-16(21(19)27)35-24(28,29)11-32/h1-8,32H,9-11,30H2,(H2,31,33). The normalized spacial score (nSPS) is 17.1. The predicted octanol–water partition coefficient (Wildman–Crippen LogP) is 4.14. The van der Waals surface area contributed by atoms with E-state index in [1.165, 1.54) is 0 Å². The Balaban J connectivity index is 1.98. The summed E-state index contributed by atoms with van der Waals surface area (Å²) in [7, 11) is 0. The van der Waals surface area contributed by atoms with Crippen molar-refractivity contribution in [2.24, 2.45) is 11.5 Å². The largest absolute Gasteiger partial charge is 0.480 e. The number of hydrogen-bond donors (Lipinski definition) is 3. The Morgan fingerprint density at radius 1 is 1.17 bits per heavy atom. The number of fused-ring (bicyclic) bond motifs is 1. The minimum atomic E-state index is -4.13. The average molecular weight is 511 g/mol. The number of alkyl halides is 2. The molecular formula is C24H19ClF4N2O4. The van der Waals surface area contributed by atoms with E-state index in [0.717, 1.165) is 18.2 Å². The minimum Gasteiger partial charge on any atom is -0.480 e. The van der Waals surface area contributed by atoms with Crippen molar-refractivity contribution in [1.29, 1.82) is 0 Å². The Bertz CT molecular complexity index is 1310. The second-order valence-electron chi connectivity index (χ2n) is 7.93. The van der Waals surface area contributed by atoms with E-state index in [1.54, 1.807) is 30.3 Å². The maximum absolute atomic E-state index is 15.6. The first-order valence-corrected chi connectivity index (χ1v) is 10.7. The van der Waals surface area contributed by atoms with Gasteiger partial charge in [0, 0.05) is 35.7 Å². The number of aliphatic hydroxyl groups is 1. The van der Waals surface area contributed by atoms with Crippen LogP contribution in [0.1, 0.15) is 21.5 Å². The zero-order valence-electron chi connectivity index (χ0n) is 18.0. The van der Waals surface area contributed by atoms with Crippen molar-refractivity contribution in [3.8, 4) is 22.6 Å². The van der Waals surface area contributed by atoms with Crippen molar-refractivity contribution >= 4 is 17.5 Å². The van der Waals surface area contributed by atoms with E-state index in [1.807, 2.05) is 0 Å². The first kappa shape index (κ1) is 24.8. The SMILES string of the molecule is NCC1(c2ccccc2)Cc2c(cc(F)c(Cl)c2-c2c(C(N)=O)ccc(OC(F)(F)CO)c2F)O1. The molecule has 1 aliphatic rings. The van der Waals surface area contributed by atoms with Gasteiger partial charge in [0.15, 0.2) is 17.2 Å². The van der Waals surface area contributed by atoms with Crippen LogP contribution in [0.3, 0.4) is 0 Å². The van der Waals surface area contributed by atoms with E-state index in [2.05, 4.69) is 4.74 Å². The van der Waals surface area contributed by atoms with Crippen molar-refractivity contribution in [2.75, 3.05) is 13.2 Å². The number of carbonyl (C=O) groups is 1. The molecule has 0 fully saturated rings. The topological polar surface area (TPSA) is 108 Å². The van der Waals surface area contributed by atoms with E-state index >= 15 is 4.39 Å². The maximum Gasteiger partial charge on any atom is 0.421 e. The lowest BCUT2D eigenvalue weighted by Gasteiger charge is -2.27. The molecule has 4 rings (SSSR count). The Hall–Kier alpha value is -3.34. The summed E-state index contributed by atoms with van der Waals surface area (Å²) >= 11 is 6.25. The van der Waals surface area contributed by atoms with E-state index < -0.39 is 57.8 Å². The molecule has 1 atom stereocenters. The van der Waals surface area contributed by atoms with E-state index in [0.29, 0.717) is 5.56 Å². The molecule has 1 amide bonds. The molecular weight excluding hydrogens is 492 g/mol. The highest BCUT2D eigenvalue weighted by Crippen LogP contribution is 2.50. The predicted molar refractivity (Wildman–Crippen MR) is 119 cm³/mol. The molecule has 1 heterocycles. The van der Waals surface area contributed by atoms with Gasteiger partial charge < -0.3 is 26.0 Å². The van der Waals surface area contributed by atoms with Crippen LogP contribution in [0.5, 0.6) is 11.5 Å². The summed E-state index contributed by atoms with van der Waals surface area (Å²) in [6.45, 7) is -1.79. The number of ether oxygens (including phenoxy) is 2. The number of primary amides is 1. The van der Waals surface area contributed by atoms with E-state index in [4.69, 9.17) is 32.9 Å². The van der Waals surface area contributed by atoms with Gasteiger partial charge in [-0.3, -0.25) is 4.79 Å². The number of nitrogens with two attached hydrogens (primary N) is 2. The first-order valence-electron chi connectivity index (χ1n) is 10.3. The third-order valence-corrected chi connectivity index (χ3v) is 6.12. The molecule has 184 valence electrons. The summed E-state index contributed by atoms with van der Waals surface area (Å²) in [6.07, 6.45) is -4.14. The number of amides is 1. The Morgan fingerprint density at radius 2 is 1.86 bits per heavy atom. The van der Waals surface area contributed by atoms with Gasteiger partial charge in [-0.25, -0.2) is 8.78 Å². The van der Waals surface area contributed by atoms with Crippen molar-refractivity contribution in [3.63, 3.8) is 0 Å². The van der Waals surface area contributed by atoms with Gasteiger partial charge in [-0.1, -0.05) is 41.9 Å². The second-order valence-corrected chi connectivity index (χ2v) is 8.31. The van der Waals surface area contributed by atoms with Gasteiger partial charge in [-0.2, -0.15) is 8.78 Å². The van der Waals surface area contributed by atoms with Gasteiger partial charge in [-0.05, 0) is 17.7 Å². The first-order chi connectivity index (χ1) is 16.5. The van der Waals surface area contributed by atoms with Crippen molar-refractivity contribution in [2.45, 2.75) is 18.1 Å². The van der Waals surface area contributed by atoms with Crippen LogP contribution in [-0.2, 0) is 12.0 Å². The van der Waals surface area contributed by atoms with E-state index in [9.17, 15) is 18.0 Å². The van der Waals surface area contributed by atoms with Crippen LogP contribution in [0.15, 0.2) is 48.5 Å². The molecule has 6 nitrogen and oxygen atoms in total. The summed E-state index contributed by atoms with van der Waals surface area (Å²) in [6, 6.07) is 11.5. The number of rotatable bonds is 7. The van der Waals surface area contributed by atoms with Crippen LogP contribution in [0.25, 0.3) is 11.1 Å². The molecule has 0 spiro atoms. The maximum atomic E-state index is 15.6. The highest BCUT2D eigenvalue weighted by molar-refractivity contribution is 6.34. The molecule has 0 radical (unpaired) electrons. The molecule has 0 saturated carbocycles. The average Bonchev–Trinajstić information content (AvgIpc) is 3.21. The van der Waals surface area contributed by atoms with Crippen LogP contribution in [-0.4, -0.2) is 30.3 Å². The fourth-order valence-corrected chi connectivity index (χ4v) is 4.38. The molecule has 0 aromatic heterocycles. The van der Waals surface area contributed by atoms with Gasteiger partial charge in [0.05, 0.1) is 10.6 Å². The number of carbonyl (C=O) groups excluding carboxylic acids is 1. The highest BCUT2D eigenvalue weighted by atomic mass is 35.5.